The number of nitrogens with zero attached hydrogens (tertiary/aromatic N) is 4. The molecule has 0 aromatic carbocycles. The van der Waals surface area contributed by atoms with Gasteiger partial charge in [0.25, 0.3) is 0 Å². The second-order valence-electron chi connectivity index (χ2n) is 6.12. The van der Waals surface area contributed by atoms with Gasteiger partial charge in [0.15, 0.2) is 0 Å². The molecule has 3 aromatic heterocycles. The maximum Gasteiger partial charge on any atom is 0.0967 e. The standard InChI is InChI=1S/C21H24N4O/c1-18(21-10-4-7-13-24-21)26-15-14-25(16-19-8-2-5-11-22-19)17-20-9-3-6-12-23-20/h2-13,18H,14-17H2,1H3. The van der Waals surface area contributed by atoms with E-state index in [1.165, 1.54) is 0 Å². The number of hydrogen-bond acceptors (Lipinski definition) is 5. The van der Waals surface area contributed by atoms with Crippen LogP contribution in [0.15, 0.2) is 73.2 Å². The minimum absolute atomic E-state index is 0.0252. The van der Waals surface area contributed by atoms with Gasteiger partial charge in [0.1, 0.15) is 0 Å². The van der Waals surface area contributed by atoms with Gasteiger partial charge < -0.3 is 4.74 Å². The molecule has 0 bridgehead atoms. The average molecular weight is 348 g/mol. The van der Waals surface area contributed by atoms with E-state index < -0.39 is 0 Å². The van der Waals surface area contributed by atoms with Gasteiger partial charge >= 0.3 is 0 Å². The molecule has 3 heterocycles. The molecule has 134 valence electrons. The van der Waals surface area contributed by atoms with Crippen LogP contribution in [-0.2, 0) is 17.8 Å². The van der Waals surface area contributed by atoms with E-state index in [2.05, 4.69) is 19.9 Å². The average Bonchev–Trinajstić information content (AvgIpc) is 2.70. The Bertz CT molecular complexity index is 711. The Morgan fingerprint density at radius 2 is 1.38 bits per heavy atom. The minimum atomic E-state index is -0.0252. The van der Waals surface area contributed by atoms with E-state index in [-0.39, 0.29) is 6.10 Å². The molecular weight excluding hydrogens is 324 g/mol. The largest absolute Gasteiger partial charge is 0.371 e. The lowest BCUT2D eigenvalue weighted by atomic mass is 10.2. The van der Waals surface area contributed by atoms with Crippen LogP contribution in [-0.4, -0.2) is 33.0 Å². The Morgan fingerprint density at radius 3 is 1.88 bits per heavy atom. The number of pyridine rings is 3. The van der Waals surface area contributed by atoms with Crippen LogP contribution in [0.3, 0.4) is 0 Å². The Balaban J connectivity index is 1.58. The first kappa shape index (κ1) is 18.2. The van der Waals surface area contributed by atoms with Gasteiger partial charge in [-0.05, 0) is 43.3 Å². The van der Waals surface area contributed by atoms with Crippen LogP contribution in [0.5, 0.6) is 0 Å². The molecule has 0 aliphatic carbocycles. The van der Waals surface area contributed by atoms with Crippen molar-refractivity contribution in [2.75, 3.05) is 13.2 Å². The van der Waals surface area contributed by atoms with Crippen LogP contribution in [0.25, 0.3) is 0 Å². The van der Waals surface area contributed by atoms with E-state index in [1.54, 1.807) is 6.20 Å². The van der Waals surface area contributed by atoms with Crippen molar-refractivity contribution in [3.63, 3.8) is 0 Å². The van der Waals surface area contributed by atoms with Crippen molar-refractivity contribution in [3.05, 3.63) is 90.3 Å². The number of rotatable bonds is 9. The fraction of sp³-hybridized carbons (Fsp3) is 0.286. The number of aromatic nitrogens is 3. The molecule has 0 N–H and O–H groups in total. The zero-order valence-electron chi connectivity index (χ0n) is 15.0. The van der Waals surface area contributed by atoms with Gasteiger partial charge in [0.05, 0.1) is 29.8 Å². The van der Waals surface area contributed by atoms with Crippen molar-refractivity contribution in [2.24, 2.45) is 0 Å². The predicted octanol–water partition coefficient (Wildman–Crippen LogP) is 3.65. The molecule has 0 aliphatic heterocycles. The van der Waals surface area contributed by atoms with Gasteiger partial charge in [-0.3, -0.25) is 19.9 Å². The maximum atomic E-state index is 5.99. The summed E-state index contributed by atoms with van der Waals surface area (Å²) in [7, 11) is 0. The molecular formula is C21H24N4O. The minimum Gasteiger partial charge on any atom is -0.371 e. The summed E-state index contributed by atoms with van der Waals surface area (Å²) in [5.41, 5.74) is 3.04. The summed E-state index contributed by atoms with van der Waals surface area (Å²) in [6.07, 6.45) is 5.42. The molecule has 26 heavy (non-hydrogen) atoms. The van der Waals surface area contributed by atoms with Gasteiger partial charge in [0, 0.05) is 38.2 Å². The highest BCUT2D eigenvalue weighted by Crippen LogP contribution is 2.14. The normalized spacial score (nSPS) is 12.2. The first-order chi connectivity index (χ1) is 12.8. The summed E-state index contributed by atoms with van der Waals surface area (Å²) in [4.78, 5) is 15.5. The molecule has 0 saturated carbocycles. The Labute approximate surface area is 154 Å². The Kier molecular flexibility index (Phi) is 6.81. The van der Waals surface area contributed by atoms with Crippen molar-refractivity contribution in [2.45, 2.75) is 26.1 Å². The predicted molar refractivity (Wildman–Crippen MR) is 101 cm³/mol. The third kappa shape index (κ3) is 5.72. The second kappa shape index (κ2) is 9.75. The molecule has 3 rings (SSSR count). The lowest BCUT2D eigenvalue weighted by Gasteiger charge is -2.22. The van der Waals surface area contributed by atoms with Crippen molar-refractivity contribution in [1.29, 1.82) is 0 Å². The molecule has 3 aromatic rings. The van der Waals surface area contributed by atoms with E-state index in [4.69, 9.17) is 4.74 Å². The topological polar surface area (TPSA) is 51.1 Å². The van der Waals surface area contributed by atoms with Crippen LogP contribution >= 0.6 is 0 Å². The van der Waals surface area contributed by atoms with Gasteiger partial charge in [-0.25, -0.2) is 0 Å². The van der Waals surface area contributed by atoms with E-state index in [0.29, 0.717) is 6.61 Å². The quantitative estimate of drug-likeness (QED) is 0.591. The molecule has 0 radical (unpaired) electrons. The third-order valence-electron chi connectivity index (χ3n) is 4.10. The van der Waals surface area contributed by atoms with Crippen LogP contribution < -0.4 is 0 Å². The van der Waals surface area contributed by atoms with Gasteiger partial charge in [-0.2, -0.15) is 0 Å². The monoisotopic (exact) mass is 348 g/mol. The first-order valence-corrected chi connectivity index (χ1v) is 8.86. The summed E-state index contributed by atoms with van der Waals surface area (Å²) < 4.78 is 5.99. The highest BCUT2D eigenvalue weighted by atomic mass is 16.5. The van der Waals surface area contributed by atoms with Crippen molar-refractivity contribution in [1.82, 2.24) is 19.9 Å². The molecule has 5 heteroatoms. The summed E-state index contributed by atoms with van der Waals surface area (Å²) >= 11 is 0. The number of ether oxygens (including phenoxy) is 1. The van der Waals surface area contributed by atoms with Crippen LogP contribution in [0.1, 0.15) is 30.1 Å². The molecule has 1 atom stereocenters. The van der Waals surface area contributed by atoms with Crippen LogP contribution in [0, 0.1) is 0 Å². The smallest absolute Gasteiger partial charge is 0.0967 e. The lowest BCUT2D eigenvalue weighted by Crippen LogP contribution is -2.28. The summed E-state index contributed by atoms with van der Waals surface area (Å²) in [5, 5.41) is 0. The lowest BCUT2D eigenvalue weighted by molar-refractivity contribution is 0.0419. The third-order valence-corrected chi connectivity index (χ3v) is 4.10. The molecule has 0 aliphatic rings. The van der Waals surface area contributed by atoms with E-state index in [0.717, 1.165) is 36.7 Å². The van der Waals surface area contributed by atoms with Gasteiger partial charge in [-0.15, -0.1) is 0 Å². The highest BCUT2D eigenvalue weighted by molar-refractivity contribution is 5.07. The Hall–Kier alpha value is -2.63. The first-order valence-electron chi connectivity index (χ1n) is 8.86. The molecule has 0 spiro atoms. The molecule has 0 fully saturated rings. The van der Waals surface area contributed by atoms with E-state index in [1.807, 2.05) is 73.9 Å². The SMILES string of the molecule is CC(OCCN(Cc1ccccn1)Cc1ccccn1)c1ccccn1. The summed E-state index contributed by atoms with van der Waals surface area (Å²) in [5.74, 6) is 0. The van der Waals surface area contributed by atoms with Crippen molar-refractivity contribution in [3.8, 4) is 0 Å². The molecule has 0 saturated heterocycles. The van der Waals surface area contributed by atoms with Crippen molar-refractivity contribution < 1.29 is 4.74 Å². The zero-order valence-corrected chi connectivity index (χ0v) is 15.0. The number of hydrogen-bond donors (Lipinski definition) is 0. The molecule has 1 unspecified atom stereocenters. The molecule has 5 nitrogen and oxygen atoms in total. The fourth-order valence-electron chi connectivity index (χ4n) is 2.72. The fourth-order valence-corrected chi connectivity index (χ4v) is 2.72. The summed E-state index contributed by atoms with van der Waals surface area (Å²) in [6, 6.07) is 17.9. The zero-order chi connectivity index (χ0) is 18.0. The van der Waals surface area contributed by atoms with Crippen LogP contribution in [0.4, 0.5) is 0 Å². The van der Waals surface area contributed by atoms with E-state index >= 15 is 0 Å². The highest BCUT2D eigenvalue weighted by Gasteiger charge is 2.11. The van der Waals surface area contributed by atoms with E-state index in [9.17, 15) is 0 Å². The summed E-state index contributed by atoms with van der Waals surface area (Å²) in [6.45, 7) is 4.98. The van der Waals surface area contributed by atoms with Crippen molar-refractivity contribution >= 4 is 0 Å². The van der Waals surface area contributed by atoms with Gasteiger partial charge in [0.2, 0.25) is 0 Å². The Morgan fingerprint density at radius 1 is 0.808 bits per heavy atom. The van der Waals surface area contributed by atoms with Gasteiger partial charge in [-0.1, -0.05) is 18.2 Å². The second-order valence-corrected chi connectivity index (χ2v) is 6.12. The molecule has 0 amide bonds. The van der Waals surface area contributed by atoms with Crippen LogP contribution in [0.2, 0.25) is 0 Å². The maximum absolute atomic E-state index is 5.99.